The summed E-state index contributed by atoms with van der Waals surface area (Å²) in [4.78, 5) is 21.2. The Kier molecular flexibility index (Phi) is 4.11. The fourth-order valence-electron chi connectivity index (χ4n) is 3.21. The molecule has 0 aliphatic carbocycles. The lowest BCUT2D eigenvalue weighted by Gasteiger charge is -2.34. The van der Waals surface area contributed by atoms with Crippen molar-refractivity contribution in [2.45, 2.75) is 6.54 Å². The molecule has 0 radical (unpaired) electrons. The molecule has 6 nitrogen and oxygen atoms in total. The van der Waals surface area contributed by atoms with E-state index in [9.17, 15) is 9.90 Å². The van der Waals surface area contributed by atoms with E-state index in [-0.39, 0.29) is 11.7 Å². The molecule has 1 aliphatic heterocycles. The molecule has 4 rings (SSSR count). The van der Waals surface area contributed by atoms with Crippen LogP contribution >= 0.6 is 0 Å². The van der Waals surface area contributed by atoms with Crippen molar-refractivity contribution in [3.05, 3.63) is 66.1 Å². The second kappa shape index (κ2) is 6.57. The van der Waals surface area contributed by atoms with Crippen LogP contribution in [0, 0.1) is 0 Å². The number of pyridine rings is 1. The molecule has 0 spiro atoms. The van der Waals surface area contributed by atoms with Gasteiger partial charge in [-0.05, 0) is 17.7 Å². The Morgan fingerprint density at radius 1 is 1.04 bits per heavy atom. The van der Waals surface area contributed by atoms with Crippen LogP contribution in [0.25, 0.3) is 5.65 Å². The Hall–Kier alpha value is -2.86. The molecule has 0 atom stereocenters. The maximum absolute atomic E-state index is 12.7. The topological polar surface area (TPSA) is 61.1 Å². The number of aromatic hydroxyl groups is 1. The van der Waals surface area contributed by atoms with E-state index in [2.05, 4.69) is 22.0 Å². The number of fused-ring (bicyclic) bond motifs is 1. The first-order chi connectivity index (χ1) is 12.2. The molecular weight excluding hydrogens is 316 g/mol. The summed E-state index contributed by atoms with van der Waals surface area (Å²) < 4.78 is 1.67. The van der Waals surface area contributed by atoms with Crippen molar-refractivity contribution >= 4 is 11.6 Å². The van der Waals surface area contributed by atoms with Gasteiger partial charge in [-0.2, -0.15) is 0 Å². The highest BCUT2D eigenvalue weighted by molar-refractivity contribution is 5.93. The van der Waals surface area contributed by atoms with Crippen LogP contribution in [0.2, 0.25) is 0 Å². The lowest BCUT2D eigenvalue weighted by Crippen LogP contribution is -2.48. The number of hydrogen-bond donors (Lipinski definition) is 1. The first kappa shape index (κ1) is 15.7. The van der Waals surface area contributed by atoms with E-state index in [1.807, 2.05) is 23.1 Å². The Morgan fingerprint density at radius 2 is 1.80 bits per heavy atom. The quantitative estimate of drug-likeness (QED) is 0.795. The van der Waals surface area contributed by atoms with Gasteiger partial charge in [-0.25, -0.2) is 4.98 Å². The summed E-state index contributed by atoms with van der Waals surface area (Å²) in [6.07, 6.45) is 3.45. The predicted octanol–water partition coefficient (Wildman–Crippen LogP) is 2.00. The van der Waals surface area contributed by atoms with Gasteiger partial charge < -0.3 is 14.4 Å². The predicted molar refractivity (Wildman–Crippen MR) is 94.5 cm³/mol. The summed E-state index contributed by atoms with van der Waals surface area (Å²) in [5.41, 5.74) is 2.07. The van der Waals surface area contributed by atoms with E-state index in [4.69, 9.17) is 0 Å². The summed E-state index contributed by atoms with van der Waals surface area (Å²) in [5.74, 6) is -0.00306. The van der Waals surface area contributed by atoms with Crippen LogP contribution in [0.15, 0.2) is 54.9 Å². The molecule has 128 valence electrons. The Labute approximate surface area is 145 Å². The van der Waals surface area contributed by atoms with E-state index in [1.54, 1.807) is 28.9 Å². The molecule has 6 heteroatoms. The molecule has 1 aliphatic rings. The molecule has 0 bridgehead atoms. The van der Waals surface area contributed by atoms with Crippen molar-refractivity contribution in [3.8, 4) is 5.75 Å². The van der Waals surface area contributed by atoms with Crippen molar-refractivity contribution in [3.63, 3.8) is 0 Å². The SMILES string of the molecule is O=C(c1cn2cccc(O)c2n1)N1CCN(Cc2ccccc2)CC1. The molecule has 1 fully saturated rings. The lowest BCUT2D eigenvalue weighted by molar-refractivity contribution is 0.0623. The highest BCUT2D eigenvalue weighted by atomic mass is 16.3. The molecule has 0 saturated carbocycles. The summed E-state index contributed by atoms with van der Waals surface area (Å²) in [5, 5.41) is 9.84. The monoisotopic (exact) mass is 336 g/mol. The average Bonchev–Trinajstić information content (AvgIpc) is 3.08. The van der Waals surface area contributed by atoms with Crippen molar-refractivity contribution in [1.82, 2.24) is 19.2 Å². The van der Waals surface area contributed by atoms with Gasteiger partial charge in [-0.15, -0.1) is 0 Å². The Balaban J connectivity index is 1.41. The number of piperazine rings is 1. The zero-order valence-corrected chi connectivity index (χ0v) is 13.9. The zero-order chi connectivity index (χ0) is 17.2. The Morgan fingerprint density at radius 3 is 2.52 bits per heavy atom. The van der Waals surface area contributed by atoms with E-state index in [0.29, 0.717) is 24.4 Å². The van der Waals surface area contributed by atoms with E-state index >= 15 is 0 Å². The van der Waals surface area contributed by atoms with Crippen LogP contribution in [0.3, 0.4) is 0 Å². The van der Waals surface area contributed by atoms with Crippen molar-refractivity contribution in [2.75, 3.05) is 26.2 Å². The fourth-order valence-corrected chi connectivity index (χ4v) is 3.21. The van der Waals surface area contributed by atoms with Crippen molar-refractivity contribution < 1.29 is 9.90 Å². The minimum atomic E-state index is -0.0811. The van der Waals surface area contributed by atoms with E-state index in [0.717, 1.165) is 19.6 Å². The largest absolute Gasteiger partial charge is 0.504 e. The summed E-state index contributed by atoms with van der Waals surface area (Å²) in [6.45, 7) is 3.97. The Bertz CT molecular complexity index is 883. The van der Waals surface area contributed by atoms with Crippen LogP contribution in [0.5, 0.6) is 5.75 Å². The third kappa shape index (κ3) is 3.21. The maximum atomic E-state index is 12.7. The molecule has 0 unspecified atom stereocenters. The first-order valence-electron chi connectivity index (χ1n) is 8.43. The number of aromatic nitrogens is 2. The minimum Gasteiger partial charge on any atom is -0.504 e. The van der Waals surface area contributed by atoms with Crippen molar-refractivity contribution in [2.24, 2.45) is 0 Å². The highest BCUT2D eigenvalue weighted by Gasteiger charge is 2.24. The third-order valence-corrected chi connectivity index (χ3v) is 4.59. The molecule has 3 aromatic rings. The van der Waals surface area contributed by atoms with Crippen LogP contribution in [-0.2, 0) is 6.54 Å². The summed E-state index contributed by atoms with van der Waals surface area (Å²) in [7, 11) is 0. The molecule has 2 aromatic heterocycles. The minimum absolute atomic E-state index is 0.0780. The second-order valence-electron chi connectivity index (χ2n) is 6.30. The van der Waals surface area contributed by atoms with Gasteiger partial charge in [0.05, 0.1) is 0 Å². The van der Waals surface area contributed by atoms with Gasteiger partial charge in [-0.1, -0.05) is 30.3 Å². The highest BCUT2D eigenvalue weighted by Crippen LogP contribution is 2.18. The number of benzene rings is 1. The molecular formula is C19H20N4O2. The fraction of sp³-hybridized carbons (Fsp3) is 0.263. The van der Waals surface area contributed by atoms with Gasteiger partial charge in [0.25, 0.3) is 5.91 Å². The normalized spacial score (nSPS) is 15.6. The van der Waals surface area contributed by atoms with Crippen LogP contribution < -0.4 is 0 Å². The zero-order valence-electron chi connectivity index (χ0n) is 13.9. The number of imidazole rings is 1. The molecule has 3 heterocycles. The number of nitrogens with zero attached hydrogens (tertiary/aromatic N) is 4. The first-order valence-corrected chi connectivity index (χ1v) is 8.43. The lowest BCUT2D eigenvalue weighted by atomic mass is 10.2. The smallest absolute Gasteiger partial charge is 0.274 e. The number of carbonyl (C=O) groups excluding carboxylic acids is 1. The van der Waals surface area contributed by atoms with Crippen LogP contribution in [0.4, 0.5) is 0 Å². The standard InChI is InChI=1S/C19H20N4O2/c24-17-7-4-8-23-14-16(20-18(17)23)19(25)22-11-9-21(10-12-22)13-15-5-2-1-3-6-15/h1-8,14,24H,9-13H2. The molecule has 1 aromatic carbocycles. The second-order valence-corrected chi connectivity index (χ2v) is 6.30. The number of amides is 1. The van der Waals surface area contributed by atoms with Gasteiger partial charge in [0.2, 0.25) is 0 Å². The maximum Gasteiger partial charge on any atom is 0.274 e. The molecule has 1 amide bonds. The van der Waals surface area contributed by atoms with Gasteiger partial charge >= 0.3 is 0 Å². The summed E-state index contributed by atoms with van der Waals surface area (Å²) in [6, 6.07) is 13.7. The molecule has 1 saturated heterocycles. The molecule has 25 heavy (non-hydrogen) atoms. The van der Waals surface area contributed by atoms with Crippen LogP contribution in [-0.4, -0.2) is 56.4 Å². The number of rotatable bonds is 3. The number of carbonyl (C=O) groups is 1. The third-order valence-electron chi connectivity index (χ3n) is 4.59. The van der Waals surface area contributed by atoms with Crippen LogP contribution in [0.1, 0.15) is 16.1 Å². The van der Waals surface area contributed by atoms with Gasteiger partial charge in [0, 0.05) is 45.1 Å². The van der Waals surface area contributed by atoms with E-state index in [1.165, 1.54) is 5.56 Å². The summed E-state index contributed by atoms with van der Waals surface area (Å²) >= 11 is 0. The molecule has 1 N–H and O–H groups in total. The van der Waals surface area contributed by atoms with Gasteiger partial charge in [-0.3, -0.25) is 9.69 Å². The van der Waals surface area contributed by atoms with E-state index < -0.39 is 0 Å². The van der Waals surface area contributed by atoms with Gasteiger partial charge in [0.1, 0.15) is 5.69 Å². The average molecular weight is 336 g/mol. The number of hydrogen-bond acceptors (Lipinski definition) is 4. The van der Waals surface area contributed by atoms with Crippen molar-refractivity contribution in [1.29, 1.82) is 0 Å². The van der Waals surface area contributed by atoms with Gasteiger partial charge in [0.15, 0.2) is 11.4 Å².